The molecule has 1 aromatic rings. The molecule has 1 saturated heterocycles. The number of fused-ring (bicyclic) bond motifs is 1. The first kappa shape index (κ1) is 17.6. The highest BCUT2D eigenvalue weighted by atomic mass is 32.2. The normalized spacial score (nSPS) is 27.1. The van der Waals surface area contributed by atoms with Gasteiger partial charge in [-0.1, -0.05) is 12.1 Å². The van der Waals surface area contributed by atoms with Crippen LogP contribution in [0.4, 0.5) is 13.2 Å². The summed E-state index contributed by atoms with van der Waals surface area (Å²) in [6.07, 6.45) is -4.34. The van der Waals surface area contributed by atoms with E-state index in [0.717, 1.165) is 19.2 Å². The lowest BCUT2D eigenvalue weighted by atomic mass is 10.1. The van der Waals surface area contributed by atoms with E-state index in [1.54, 1.807) is 6.07 Å². The summed E-state index contributed by atoms with van der Waals surface area (Å²) in [5.41, 5.74) is 4.55. The number of hydrogen-bond donors (Lipinski definition) is 1. The number of likely N-dealkylation sites (tertiary alicyclic amines) is 1. The number of carbonyl (C=O) groups excluding carboxylic acids is 1. The van der Waals surface area contributed by atoms with Crippen molar-refractivity contribution >= 4 is 17.7 Å². The molecule has 0 spiro atoms. The number of nitrogens with zero attached hydrogens (tertiary/aromatic N) is 1. The zero-order chi connectivity index (χ0) is 17.7. The van der Waals surface area contributed by atoms with Gasteiger partial charge in [0.15, 0.2) is 0 Å². The molecule has 0 aromatic heterocycles. The summed E-state index contributed by atoms with van der Waals surface area (Å²) in [4.78, 5) is 13.8. The Bertz CT molecular complexity index is 635. The van der Waals surface area contributed by atoms with E-state index in [1.807, 2.05) is 13.8 Å². The van der Waals surface area contributed by atoms with Gasteiger partial charge in [0, 0.05) is 35.2 Å². The van der Waals surface area contributed by atoms with E-state index in [0.29, 0.717) is 17.6 Å². The first-order valence-electron chi connectivity index (χ1n) is 7.94. The summed E-state index contributed by atoms with van der Waals surface area (Å²) in [5.74, 6) is 0.982. The Kier molecular flexibility index (Phi) is 4.36. The highest BCUT2D eigenvalue weighted by Gasteiger charge is 2.60. The monoisotopic (exact) mass is 358 g/mol. The lowest BCUT2D eigenvalue weighted by molar-refractivity contribution is -0.139. The Labute approximate surface area is 143 Å². The average Bonchev–Trinajstić information content (AvgIpc) is 3.00. The molecule has 0 unspecified atom stereocenters. The summed E-state index contributed by atoms with van der Waals surface area (Å²) >= 11 is 1.24. The highest BCUT2D eigenvalue weighted by Crippen LogP contribution is 2.53. The maximum Gasteiger partial charge on any atom is 0.417 e. The number of piperidine rings is 1. The molecular formula is C17H21F3N2OS. The van der Waals surface area contributed by atoms with E-state index in [2.05, 4.69) is 4.90 Å². The number of alkyl halides is 3. The van der Waals surface area contributed by atoms with E-state index in [9.17, 15) is 18.0 Å². The number of thioether (sulfide) groups is 1. The third-order valence-corrected chi connectivity index (χ3v) is 6.67. The maximum absolute atomic E-state index is 13.1. The maximum atomic E-state index is 13.1. The van der Waals surface area contributed by atoms with Crippen LogP contribution in [0.3, 0.4) is 0 Å². The largest absolute Gasteiger partial charge is 0.417 e. The summed E-state index contributed by atoms with van der Waals surface area (Å²) in [6, 6.07) is 5.69. The highest BCUT2D eigenvalue weighted by molar-refractivity contribution is 7.99. The van der Waals surface area contributed by atoms with Crippen molar-refractivity contribution in [2.75, 3.05) is 18.8 Å². The molecule has 1 saturated carbocycles. The molecule has 1 amide bonds. The summed E-state index contributed by atoms with van der Waals surface area (Å²) < 4.78 is 39.2. The number of nitrogens with two attached hydrogens (primary N) is 1. The quantitative estimate of drug-likeness (QED) is 0.822. The molecule has 0 bridgehead atoms. The number of halogens is 3. The number of primary amides is 1. The van der Waals surface area contributed by atoms with Gasteiger partial charge in [0.25, 0.3) is 0 Å². The van der Waals surface area contributed by atoms with Gasteiger partial charge in [0.1, 0.15) is 0 Å². The van der Waals surface area contributed by atoms with Crippen LogP contribution in [0.25, 0.3) is 0 Å². The Balaban J connectivity index is 1.62. The standard InChI is InChI=1S/C17H21F3N2OS/c1-16(2,22-7-10-11(8-22)14(10)15(21)23)9-24-13-6-4-3-5-12(13)17(18,19)20/h3-6,10-11,14H,7-9H2,1-2H3,(H2,21,23)/t10-,11-/m1/s1. The molecule has 1 aliphatic heterocycles. The van der Waals surface area contributed by atoms with Crippen LogP contribution in [-0.4, -0.2) is 35.2 Å². The second kappa shape index (κ2) is 5.95. The average molecular weight is 358 g/mol. The van der Waals surface area contributed by atoms with Gasteiger partial charge < -0.3 is 5.73 Å². The van der Waals surface area contributed by atoms with Crippen LogP contribution < -0.4 is 5.73 Å². The fraction of sp³-hybridized carbons (Fsp3) is 0.588. The molecule has 7 heteroatoms. The van der Waals surface area contributed by atoms with Crippen molar-refractivity contribution in [1.29, 1.82) is 0 Å². The minimum absolute atomic E-state index is 0.00402. The van der Waals surface area contributed by atoms with Crippen molar-refractivity contribution < 1.29 is 18.0 Å². The third kappa shape index (κ3) is 3.28. The smallest absolute Gasteiger partial charge is 0.369 e. The van der Waals surface area contributed by atoms with Crippen molar-refractivity contribution in [3.63, 3.8) is 0 Å². The van der Waals surface area contributed by atoms with Crippen LogP contribution in [0.1, 0.15) is 19.4 Å². The van der Waals surface area contributed by atoms with Crippen LogP contribution in [0, 0.1) is 17.8 Å². The van der Waals surface area contributed by atoms with Crippen LogP contribution in [0.15, 0.2) is 29.2 Å². The molecule has 3 nitrogen and oxygen atoms in total. The predicted octanol–water partition coefficient (Wildman–Crippen LogP) is 3.24. The molecular weight excluding hydrogens is 337 g/mol. The summed E-state index contributed by atoms with van der Waals surface area (Å²) in [7, 11) is 0. The Hall–Kier alpha value is -1.21. The Morgan fingerprint density at radius 2 is 1.83 bits per heavy atom. The zero-order valence-electron chi connectivity index (χ0n) is 13.6. The minimum atomic E-state index is -4.34. The van der Waals surface area contributed by atoms with E-state index < -0.39 is 11.7 Å². The second-order valence-corrected chi connectivity index (χ2v) is 8.27. The molecule has 2 aliphatic rings. The fourth-order valence-corrected chi connectivity index (χ4v) is 4.82. The summed E-state index contributed by atoms with van der Waals surface area (Å²) in [5, 5.41) is 0. The van der Waals surface area contributed by atoms with E-state index in [1.165, 1.54) is 23.9 Å². The number of benzene rings is 1. The lowest BCUT2D eigenvalue weighted by Gasteiger charge is -2.37. The molecule has 2 fully saturated rings. The zero-order valence-corrected chi connectivity index (χ0v) is 14.5. The van der Waals surface area contributed by atoms with Crippen molar-refractivity contribution in [2.45, 2.75) is 30.5 Å². The fourth-order valence-electron chi connectivity index (χ4n) is 3.61. The molecule has 132 valence electrons. The number of rotatable bonds is 5. The molecule has 0 radical (unpaired) electrons. The van der Waals surface area contributed by atoms with Gasteiger partial charge in [0.05, 0.1) is 5.56 Å². The molecule has 24 heavy (non-hydrogen) atoms. The molecule has 3 rings (SSSR count). The minimum Gasteiger partial charge on any atom is -0.369 e. The summed E-state index contributed by atoms with van der Waals surface area (Å²) in [6.45, 7) is 5.68. The van der Waals surface area contributed by atoms with Gasteiger partial charge in [-0.05, 0) is 37.8 Å². The first-order chi connectivity index (χ1) is 11.1. The van der Waals surface area contributed by atoms with E-state index in [4.69, 9.17) is 5.73 Å². The second-order valence-electron chi connectivity index (χ2n) is 7.26. The van der Waals surface area contributed by atoms with Gasteiger partial charge in [-0.15, -0.1) is 11.8 Å². The Morgan fingerprint density at radius 1 is 1.25 bits per heavy atom. The first-order valence-corrected chi connectivity index (χ1v) is 8.93. The van der Waals surface area contributed by atoms with Crippen molar-refractivity contribution in [1.82, 2.24) is 4.90 Å². The van der Waals surface area contributed by atoms with Crippen molar-refractivity contribution in [3.05, 3.63) is 29.8 Å². The van der Waals surface area contributed by atoms with E-state index >= 15 is 0 Å². The number of hydrogen-bond acceptors (Lipinski definition) is 3. The van der Waals surface area contributed by atoms with Gasteiger partial charge >= 0.3 is 6.18 Å². The Morgan fingerprint density at radius 3 is 2.38 bits per heavy atom. The van der Waals surface area contributed by atoms with Crippen LogP contribution in [-0.2, 0) is 11.0 Å². The van der Waals surface area contributed by atoms with Crippen molar-refractivity contribution in [2.24, 2.45) is 23.5 Å². The van der Waals surface area contributed by atoms with Gasteiger partial charge in [-0.3, -0.25) is 9.69 Å². The predicted molar refractivity (Wildman–Crippen MR) is 87.5 cm³/mol. The molecule has 1 aromatic carbocycles. The van der Waals surface area contributed by atoms with Gasteiger partial charge in [0.2, 0.25) is 5.91 Å². The van der Waals surface area contributed by atoms with Gasteiger partial charge in [-0.25, -0.2) is 0 Å². The van der Waals surface area contributed by atoms with Crippen LogP contribution >= 0.6 is 11.8 Å². The lowest BCUT2D eigenvalue weighted by Crippen LogP contribution is -2.46. The molecule has 1 heterocycles. The van der Waals surface area contributed by atoms with Gasteiger partial charge in [-0.2, -0.15) is 13.2 Å². The van der Waals surface area contributed by atoms with Crippen LogP contribution in [0.2, 0.25) is 0 Å². The van der Waals surface area contributed by atoms with Crippen molar-refractivity contribution in [3.8, 4) is 0 Å². The molecule has 1 aliphatic carbocycles. The molecule has 2 atom stereocenters. The topological polar surface area (TPSA) is 46.3 Å². The molecule has 2 N–H and O–H groups in total. The van der Waals surface area contributed by atoms with E-state index in [-0.39, 0.29) is 22.3 Å². The number of amides is 1. The van der Waals surface area contributed by atoms with Crippen LogP contribution in [0.5, 0.6) is 0 Å². The SMILES string of the molecule is CC(C)(CSc1ccccc1C(F)(F)F)N1C[C@H]2C(C(N)=O)[C@@H]2C1. The third-order valence-electron chi connectivity index (χ3n) is 5.15. The number of carbonyl (C=O) groups is 1.